The molecule has 0 saturated heterocycles. The van der Waals surface area contributed by atoms with Gasteiger partial charge in [-0.3, -0.25) is 9.59 Å². The number of halogens is 1. The van der Waals surface area contributed by atoms with Crippen molar-refractivity contribution in [3.8, 4) is 5.75 Å². The van der Waals surface area contributed by atoms with Gasteiger partial charge in [0.2, 0.25) is 5.91 Å². The van der Waals surface area contributed by atoms with Crippen LogP contribution in [0.5, 0.6) is 5.75 Å². The van der Waals surface area contributed by atoms with E-state index in [1.165, 1.54) is 7.11 Å². The predicted octanol–water partition coefficient (Wildman–Crippen LogP) is 4.50. The Morgan fingerprint density at radius 2 is 1.88 bits per heavy atom. The molecule has 136 valence electrons. The molecular formula is C20H21ClN2O3. The number of amides is 2. The molecule has 1 fully saturated rings. The predicted molar refractivity (Wildman–Crippen MR) is 103 cm³/mol. The average molecular weight is 373 g/mol. The van der Waals surface area contributed by atoms with Crippen molar-refractivity contribution >= 4 is 34.8 Å². The molecule has 0 heterocycles. The van der Waals surface area contributed by atoms with Gasteiger partial charge in [-0.25, -0.2) is 0 Å². The lowest BCUT2D eigenvalue weighted by molar-refractivity contribution is -0.117. The quantitative estimate of drug-likeness (QED) is 0.811. The number of carbonyl (C=O) groups excluding carboxylic acids is 2. The number of nitrogens with one attached hydrogen (secondary N) is 2. The second-order valence-corrected chi connectivity index (χ2v) is 7.05. The van der Waals surface area contributed by atoms with Crippen molar-refractivity contribution in [3.63, 3.8) is 0 Å². The molecule has 0 spiro atoms. The Kier molecular flexibility index (Phi) is 5.18. The van der Waals surface area contributed by atoms with Crippen LogP contribution in [0.1, 0.15) is 29.3 Å². The Morgan fingerprint density at radius 3 is 2.50 bits per heavy atom. The van der Waals surface area contributed by atoms with Crippen LogP contribution in [-0.2, 0) is 4.79 Å². The summed E-state index contributed by atoms with van der Waals surface area (Å²) in [5, 5.41) is 6.26. The summed E-state index contributed by atoms with van der Waals surface area (Å²) in [6.07, 6.45) is 0.891. The first kappa shape index (κ1) is 18.3. The van der Waals surface area contributed by atoms with E-state index in [-0.39, 0.29) is 17.7 Å². The molecule has 0 aliphatic heterocycles. The zero-order valence-corrected chi connectivity index (χ0v) is 15.7. The van der Waals surface area contributed by atoms with Gasteiger partial charge in [0.05, 0.1) is 12.8 Å². The van der Waals surface area contributed by atoms with E-state index in [4.69, 9.17) is 16.3 Å². The van der Waals surface area contributed by atoms with E-state index >= 15 is 0 Å². The van der Waals surface area contributed by atoms with Crippen molar-refractivity contribution in [2.75, 3.05) is 17.7 Å². The number of hydrogen-bond acceptors (Lipinski definition) is 3. The third kappa shape index (κ3) is 3.99. The summed E-state index contributed by atoms with van der Waals surface area (Å²) in [6, 6.07) is 10.3. The second kappa shape index (κ2) is 7.38. The summed E-state index contributed by atoms with van der Waals surface area (Å²) in [5.74, 6) is 0.619. The van der Waals surface area contributed by atoms with Crippen LogP contribution in [0.2, 0.25) is 5.02 Å². The highest BCUT2D eigenvalue weighted by Gasteiger charge is 2.39. The second-order valence-electron chi connectivity index (χ2n) is 6.64. The van der Waals surface area contributed by atoms with Crippen molar-refractivity contribution in [1.82, 2.24) is 0 Å². The molecule has 1 aliphatic rings. The van der Waals surface area contributed by atoms with Crippen LogP contribution in [0, 0.1) is 18.8 Å². The lowest BCUT2D eigenvalue weighted by Gasteiger charge is -2.12. The van der Waals surface area contributed by atoms with E-state index < -0.39 is 0 Å². The Labute approximate surface area is 157 Å². The van der Waals surface area contributed by atoms with Crippen LogP contribution < -0.4 is 15.4 Å². The van der Waals surface area contributed by atoms with Crippen LogP contribution in [0.3, 0.4) is 0 Å². The van der Waals surface area contributed by atoms with E-state index in [0.717, 1.165) is 12.0 Å². The van der Waals surface area contributed by atoms with Gasteiger partial charge >= 0.3 is 0 Å². The largest absolute Gasteiger partial charge is 0.495 e. The molecule has 26 heavy (non-hydrogen) atoms. The lowest BCUT2D eigenvalue weighted by Crippen LogP contribution is -2.17. The van der Waals surface area contributed by atoms with Crippen molar-refractivity contribution in [3.05, 3.63) is 52.5 Å². The molecule has 2 N–H and O–H groups in total. The fourth-order valence-electron chi connectivity index (χ4n) is 2.73. The highest BCUT2D eigenvalue weighted by molar-refractivity contribution is 6.31. The first-order valence-electron chi connectivity index (χ1n) is 8.45. The normalized spacial score (nSPS) is 18.2. The number of ether oxygens (including phenoxy) is 1. The Balaban J connectivity index is 1.78. The first-order chi connectivity index (χ1) is 12.4. The van der Waals surface area contributed by atoms with Gasteiger partial charge in [-0.1, -0.05) is 24.6 Å². The number of methoxy groups -OCH3 is 1. The molecule has 3 rings (SSSR count). The van der Waals surface area contributed by atoms with E-state index in [2.05, 4.69) is 10.6 Å². The first-order valence-corrected chi connectivity index (χ1v) is 8.83. The van der Waals surface area contributed by atoms with Crippen LogP contribution in [0.4, 0.5) is 11.4 Å². The minimum absolute atomic E-state index is 0.0342. The number of benzene rings is 2. The van der Waals surface area contributed by atoms with E-state index in [1.54, 1.807) is 30.3 Å². The third-order valence-corrected chi connectivity index (χ3v) is 5.00. The highest BCUT2D eigenvalue weighted by atomic mass is 35.5. The number of anilines is 2. The molecule has 2 atom stereocenters. The Bertz CT molecular complexity index is 866. The molecule has 2 aromatic rings. The van der Waals surface area contributed by atoms with Gasteiger partial charge < -0.3 is 15.4 Å². The van der Waals surface area contributed by atoms with Gasteiger partial charge in [-0.05, 0) is 55.2 Å². The average Bonchev–Trinajstić information content (AvgIpc) is 3.35. The van der Waals surface area contributed by atoms with Crippen molar-refractivity contribution in [2.45, 2.75) is 20.3 Å². The third-order valence-electron chi connectivity index (χ3n) is 4.60. The highest BCUT2D eigenvalue weighted by Crippen LogP contribution is 2.39. The molecular weight excluding hydrogens is 352 g/mol. The Hall–Kier alpha value is -2.53. The van der Waals surface area contributed by atoms with Gasteiger partial charge in [0.15, 0.2) is 0 Å². The van der Waals surface area contributed by atoms with Gasteiger partial charge in [0.25, 0.3) is 5.91 Å². The smallest absolute Gasteiger partial charge is 0.255 e. The number of carbonyl (C=O) groups is 2. The fourth-order valence-corrected chi connectivity index (χ4v) is 2.91. The monoisotopic (exact) mass is 372 g/mol. The topological polar surface area (TPSA) is 67.4 Å². The maximum atomic E-state index is 12.5. The van der Waals surface area contributed by atoms with Crippen LogP contribution >= 0.6 is 11.6 Å². The standard InChI is InChI=1S/C20H21ClN2O3/c1-11-4-6-14(10-16(11)21)22-19(24)13-5-7-18(26-3)17(9-13)23-20(25)15-8-12(15)2/h4-7,9-10,12,15H,8H2,1-3H3,(H,22,24)(H,23,25). The minimum Gasteiger partial charge on any atom is -0.495 e. The van der Waals surface area contributed by atoms with E-state index in [9.17, 15) is 9.59 Å². The molecule has 5 nitrogen and oxygen atoms in total. The molecule has 0 aromatic heterocycles. The molecule has 2 aromatic carbocycles. The maximum Gasteiger partial charge on any atom is 0.255 e. The molecule has 0 radical (unpaired) electrons. The SMILES string of the molecule is COc1ccc(C(=O)Nc2ccc(C)c(Cl)c2)cc1NC(=O)C1CC1C. The van der Waals surface area contributed by atoms with Crippen molar-refractivity contribution in [2.24, 2.45) is 11.8 Å². The van der Waals surface area contributed by atoms with Crippen molar-refractivity contribution < 1.29 is 14.3 Å². The molecule has 2 unspecified atom stereocenters. The van der Waals surface area contributed by atoms with Gasteiger partial charge in [-0.15, -0.1) is 0 Å². The summed E-state index contributed by atoms with van der Waals surface area (Å²) in [6.45, 7) is 3.94. The number of hydrogen-bond donors (Lipinski definition) is 2. The summed E-state index contributed by atoms with van der Waals surface area (Å²) < 4.78 is 5.29. The molecule has 1 aliphatic carbocycles. The van der Waals surface area contributed by atoms with Crippen molar-refractivity contribution in [1.29, 1.82) is 0 Å². The summed E-state index contributed by atoms with van der Waals surface area (Å²) >= 11 is 6.10. The minimum atomic E-state index is -0.289. The zero-order chi connectivity index (χ0) is 18.8. The zero-order valence-electron chi connectivity index (χ0n) is 14.9. The van der Waals surface area contributed by atoms with Crippen LogP contribution in [-0.4, -0.2) is 18.9 Å². The van der Waals surface area contributed by atoms with E-state index in [1.807, 2.05) is 19.9 Å². The lowest BCUT2D eigenvalue weighted by atomic mass is 10.1. The fraction of sp³-hybridized carbons (Fsp3) is 0.300. The van der Waals surface area contributed by atoms with Crippen LogP contribution in [0.25, 0.3) is 0 Å². The number of aryl methyl sites for hydroxylation is 1. The maximum absolute atomic E-state index is 12.5. The summed E-state index contributed by atoms with van der Waals surface area (Å²) in [4.78, 5) is 24.8. The van der Waals surface area contributed by atoms with E-state index in [0.29, 0.717) is 33.6 Å². The van der Waals surface area contributed by atoms with Gasteiger partial charge in [0.1, 0.15) is 5.75 Å². The van der Waals surface area contributed by atoms with Gasteiger partial charge in [-0.2, -0.15) is 0 Å². The van der Waals surface area contributed by atoms with Crippen LogP contribution in [0.15, 0.2) is 36.4 Å². The molecule has 1 saturated carbocycles. The summed E-state index contributed by atoms with van der Waals surface area (Å²) in [7, 11) is 1.53. The Morgan fingerprint density at radius 1 is 1.15 bits per heavy atom. The molecule has 0 bridgehead atoms. The molecule has 6 heteroatoms. The summed E-state index contributed by atoms with van der Waals surface area (Å²) in [5.41, 5.74) is 2.46. The van der Waals surface area contributed by atoms with Gasteiger partial charge in [0, 0.05) is 22.2 Å². The number of rotatable bonds is 5. The molecule has 2 amide bonds.